The Kier molecular flexibility index (Phi) is 5.20. The molecule has 1 aliphatic rings. The van der Waals surface area contributed by atoms with E-state index < -0.39 is 0 Å². The third-order valence-electron chi connectivity index (χ3n) is 3.12. The van der Waals surface area contributed by atoms with Gasteiger partial charge in [-0.25, -0.2) is 0 Å². The Hall–Kier alpha value is -2.04. The van der Waals surface area contributed by atoms with Crippen LogP contribution in [0.3, 0.4) is 0 Å². The second kappa shape index (κ2) is 7.11. The predicted octanol–water partition coefficient (Wildman–Crippen LogP) is 2.34. The maximum absolute atomic E-state index is 12.1. The molecule has 1 aromatic rings. The molecule has 2 rings (SSSR count). The van der Waals surface area contributed by atoms with Crippen LogP contribution in [0.4, 0.5) is 0 Å². The van der Waals surface area contributed by atoms with E-state index in [1.54, 1.807) is 18.2 Å². The fourth-order valence-electron chi connectivity index (χ4n) is 2.16. The van der Waals surface area contributed by atoms with E-state index in [1.165, 1.54) is 0 Å². The predicted molar refractivity (Wildman–Crippen MR) is 78.9 cm³/mol. The quantitative estimate of drug-likeness (QED) is 0.817. The summed E-state index contributed by atoms with van der Waals surface area (Å²) >= 11 is 0. The van der Waals surface area contributed by atoms with Crippen LogP contribution in [0.25, 0.3) is 0 Å². The van der Waals surface area contributed by atoms with Crippen LogP contribution >= 0.6 is 0 Å². The number of benzene rings is 1. The summed E-state index contributed by atoms with van der Waals surface area (Å²) in [6, 6.07) is 5.34. The molecule has 5 heteroatoms. The van der Waals surface area contributed by atoms with Gasteiger partial charge in [-0.3, -0.25) is 9.59 Å². The first-order valence-electron chi connectivity index (χ1n) is 7.28. The first kappa shape index (κ1) is 15.4. The third kappa shape index (κ3) is 4.48. The molecule has 0 aromatic heterocycles. The van der Waals surface area contributed by atoms with Gasteiger partial charge >= 0.3 is 0 Å². The maximum atomic E-state index is 12.1. The summed E-state index contributed by atoms with van der Waals surface area (Å²) in [6.07, 6.45) is 1.27. The maximum Gasteiger partial charge on any atom is 0.220 e. The molecule has 0 saturated carbocycles. The molecule has 1 heterocycles. The van der Waals surface area contributed by atoms with E-state index in [0.717, 1.165) is 0 Å². The second-order valence-electron chi connectivity index (χ2n) is 5.36. The highest BCUT2D eigenvalue weighted by Crippen LogP contribution is 2.31. The summed E-state index contributed by atoms with van der Waals surface area (Å²) in [5.74, 6) is 1.29. The van der Waals surface area contributed by atoms with Gasteiger partial charge in [0, 0.05) is 24.4 Å². The van der Waals surface area contributed by atoms with Crippen molar-refractivity contribution in [2.45, 2.75) is 39.2 Å². The summed E-state index contributed by atoms with van der Waals surface area (Å²) in [5.41, 5.74) is 0.600. The zero-order chi connectivity index (χ0) is 15.2. The van der Waals surface area contributed by atoms with Gasteiger partial charge in [0.1, 0.15) is 13.2 Å². The highest BCUT2D eigenvalue weighted by molar-refractivity contribution is 5.96. The lowest BCUT2D eigenvalue weighted by atomic mass is 10.0. The average molecular weight is 291 g/mol. The molecule has 21 heavy (non-hydrogen) atoms. The second-order valence-corrected chi connectivity index (χ2v) is 5.36. The minimum atomic E-state index is -0.0139. The average Bonchev–Trinajstić information content (AvgIpc) is 2.45. The number of hydrogen-bond acceptors (Lipinski definition) is 4. The van der Waals surface area contributed by atoms with Crippen LogP contribution in [0.5, 0.6) is 11.5 Å². The molecule has 0 unspecified atom stereocenters. The highest BCUT2D eigenvalue weighted by Gasteiger charge is 2.15. The minimum absolute atomic E-state index is 0.0139. The molecule has 0 aliphatic carbocycles. The number of nitrogens with one attached hydrogen (secondary N) is 1. The van der Waals surface area contributed by atoms with E-state index in [0.29, 0.717) is 49.5 Å². The number of ketones is 1. The molecule has 0 fully saturated rings. The van der Waals surface area contributed by atoms with Gasteiger partial charge in [-0.15, -0.1) is 0 Å². The van der Waals surface area contributed by atoms with Crippen LogP contribution in [0.1, 0.15) is 43.5 Å². The van der Waals surface area contributed by atoms with Crippen molar-refractivity contribution in [2.75, 3.05) is 13.2 Å². The number of hydrogen-bond donors (Lipinski definition) is 1. The van der Waals surface area contributed by atoms with Gasteiger partial charge < -0.3 is 14.8 Å². The Bertz CT molecular complexity index is 525. The van der Waals surface area contributed by atoms with Gasteiger partial charge in [-0.2, -0.15) is 0 Å². The first-order chi connectivity index (χ1) is 10.1. The largest absolute Gasteiger partial charge is 0.486 e. The van der Waals surface area contributed by atoms with Crippen molar-refractivity contribution in [1.29, 1.82) is 0 Å². The van der Waals surface area contributed by atoms with Crippen molar-refractivity contribution < 1.29 is 19.1 Å². The minimum Gasteiger partial charge on any atom is -0.486 e. The Morgan fingerprint density at radius 2 is 1.86 bits per heavy atom. The van der Waals surface area contributed by atoms with Gasteiger partial charge in [0.05, 0.1) is 0 Å². The summed E-state index contributed by atoms with van der Waals surface area (Å²) in [5, 5.41) is 2.81. The molecule has 1 amide bonds. The Morgan fingerprint density at radius 1 is 1.14 bits per heavy atom. The van der Waals surface area contributed by atoms with Gasteiger partial charge in [0.15, 0.2) is 17.3 Å². The number of rotatable bonds is 6. The van der Waals surface area contributed by atoms with Gasteiger partial charge in [-0.1, -0.05) is 0 Å². The first-order valence-corrected chi connectivity index (χ1v) is 7.28. The number of amides is 1. The van der Waals surface area contributed by atoms with Crippen molar-refractivity contribution >= 4 is 11.7 Å². The van der Waals surface area contributed by atoms with Crippen molar-refractivity contribution in [3.05, 3.63) is 23.8 Å². The smallest absolute Gasteiger partial charge is 0.220 e. The molecule has 1 aromatic carbocycles. The standard InChI is InChI=1S/C16H21NO4/c1-11(2)17-16(19)5-3-4-13(18)12-6-7-14-15(10-12)21-9-8-20-14/h6-7,10-11H,3-5,8-9H2,1-2H3,(H,17,19). The van der Waals surface area contributed by atoms with E-state index in [9.17, 15) is 9.59 Å². The lowest BCUT2D eigenvalue weighted by molar-refractivity contribution is -0.121. The third-order valence-corrected chi connectivity index (χ3v) is 3.12. The van der Waals surface area contributed by atoms with E-state index in [4.69, 9.17) is 9.47 Å². The monoisotopic (exact) mass is 291 g/mol. The van der Waals surface area contributed by atoms with Crippen LogP contribution < -0.4 is 14.8 Å². The van der Waals surface area contributed by atoms with Crippen LogP contribution in [-0.4, -0.2) is 30.9 Å². The van der Waals surface area contributed by atoms with Crippen molar-refractivity contribution in [2.24, 2.45) is 0 Å². The molecule has 0 atom stereocenters. The molecule has 0 radical (unpaired) electrons. The molecular formula is C16H21NO4. The summed E-state index contributed by atoms with van der Waals surface area (Å²) < 4.78 is 10.9. The van der Waals surface area contributed by atoms with Gasteiger partial charge in [-0.05, 0) is 38.5 Å². The topological polar surface area (TPSA) is 64.6 Å². The molecular weight excluding hydrogens is 270 g/mol. The van der Waals surface area contributed by atoms with E-state index in [-0.39, 0.29) is 17.7 Å². The SMILES string of the molecule is CC(C)NC(=O)CCCC(=O)c1ccc2c(c1)OCCO2. The van der Waals surface area contributed by atoms with E-state index >= 15 is 0 Å². The molecule has 0 saturated heterocycles. The summed E-state index contributed by atoms with van der Waals surface area (Å²) in [4.78, 5) is 23.6. The number of ether oxygens (including phenoxy) is 2. The van der Waals surface area contributed by atoms with E-state index in [1.807, 2.05) is 13.8 Å². The lowest BCUT2D eigenvalue weighted by Gasteiger charge is -2.18. The zero-order valence-electron chi connectivity index (χ0n) is 12.5. The fourth-order valence-corrected chi connectivity index (χ4v) is 2.16. The van der Waals surface area contributed by atoms with Gasteiger partial charge in [0.25, 0.3) is 0 Å². The summed E-state index contributed by atoms with van der Waals surface area (Å²) in [6.45, 7) is 4.86. The number of carbonyl (C=O) groups excluding carboxylic acids is 2. The molecule has 114 valence electrons. The van der Waals surface area contributed by atoms with Crippen LogP contribution in [0, 0.1) is 0 Å². The van der Waals surface area contributed by atoms with Crippen LogP contribution in [0.15, 0.2) is 18.2 Å². The van der Waals surface area contributed by atoms with E-state index in [2.05, 4.69) is 5.32 Å². The Labute approximate surface area is 124 Å². The molecule has 5 nitrogen and oxygen atoms in total. The number of Topliss-reactive ketones (excluding diaryl/α,β-unsaturated/α-hetero) is 1. The Morgan fingerprint density at radius 3 is 2.57 bits per heavy atom. The van der Waals surface area contributed by atoms with Gasteiger partial charge in [0.2, 0.25) is 5.91 Å². The molecule has 0 spiro atoms. The zero-order valence-corrected chi connectivity index (χ0v) is 12.5. The summed E-state index contributed by atoms with van der Waals surface area (Å²) in [7, 11) is 0. The number of fused-ring (bicyclic) bond motifs is 1. The molecule has 1 N–H and O–H groups in total. The number of carbonyl (C=O) groups is 2. The van der Waals surface area contributed by atoms with Crippen LogP contribution in [-0.2, 0) is 4.79 Å². The Balaban J connectivity index is 1.85. The van der Waals surface area contributed by atoms with Crippen LogP contribution in [0.2, 0.25) is 0 Å². The van der Waals surface area contributed by atoms with Crippen molar-refractivity contribution in [3.8, 4) is 11.5 Å². The van der Waals surface area contributed by atoms with Crippen molar-refractivity contribution in [3.63, 3.8) is 0 Å². The lowest BCUT2D eigenvalue weighted by Crippen LogP contribution is -2.29. The van der Waals surface area contributed by atoms with Crippen molar-refractivity contribution in [1.82, 2.24) is 5.32 Å². The normalized spacial score (nSPS) is 13.1. The molecule has 1 aliphatic heterocycles. The highest BCUT2D eigenvalue weighted by atomic mass is 16.6. The fraction of sp³-hybridized carbons (Fsp3) is 0.500. The molecule has 0 bridgehead atoms.